The summed E-state index contributed by atoms with van der Waals surface area (Å²) in [4.78, 5) is 0. The quantitative estimate of drug-likeness (QED) is 0.421. The molecule has 32 heavy (non-hydrogen) atoms. The van der Waals surface area contributed by atoms with Gasteiger partial charge in [0.25, 0.3) is 0 Å². The molecule has 4 aliphatic carbocycles. The average molecular weight is 448 g/mol. The molecule has 2 fully saturated rings. The van der Waals surface area contributed by atoms with E-state index in [1.165, 1.54) is 56.1 Å². The van der Waals surface area contributed by atoms with Crippen molar-refractivity contribution < 1.29 is 0 Å². The molecule has 3 atom stereocenters. The lowest BCUT2D eigenvalue weighted by Gasteiger charge is -2.55. The third-order valence-corrected chi connectivity index (χ3v) is 14.3. The summed E-state index contributed by atoms with van der Waals surface area (Å²) < 4.78 is 3.11. The van der Waals surface area contributed by atoms with Crippen LogP contribution in [-0.4, -0.2) is 24.4 Å². The third kappa shape index (κ3) is 3.43. The highest BCUT2D eigenvalue weighted by molar-refractivity contribution is 6.76. The van der Waals surface area contributed by atoms with Crippen LogP contribution in [0.5, 0.6) is 0 Å². The van der Waals surface area contributed by atoms with Crippen LogP contribution < -0.4 is 0 Å². The molecule has 0 saturated heterocycles. The van der Waals surface area contributed by atoms with Gasteiger partial charge in [0.05, 0.1) is 0 Å². The maximum absolute atomic E-state index is 3.11. The Kier molecular flexibility index (Phi) is 5.45. The Bertz CT molecular complexity index is 938. The number of rotatable bonds is 3. The molecule has 0 bridgehead atoms. The summed E-state index contributed by atoms with van der Waals surface area (Å²) in [5.74, 6) is 1.47. The van der Waals surface area contributed by atoms with Gasteiger partial charge < -0.3 is 4.57 Å². The van der Waals surface area contributed by atoms with Crippen molar-refractivity contribution in [1.82, 2.24) is 4.57 Å². The first-order valence-electron chi connectivity index (χ1n) is 13.4. The molecule has 5 rings (SSSR count). The molecule has 0 spiro atoms. The van der Waals surface area contributed by atoms with Crippen molar-refractivity contribution in [3.63, 3.8) is 0 Å². The summed E-state index contributed by atoms with van der Waals surface area (Å²) >= 11 is 0. The lowest BCUT2D eigenvalue weighted by Crippen LogP contribution is -2.64. The molecule has 1 nitrogen and oxygen atoms in total. The minimum Gasteiger partial charge on any atom is -0.316 e. The van der Waals surface area contributed by atoms with E-state index in [2.05, 4.69) is 88.7 Å². The van der Waals surface area contributed by atoms with E-state index in [0.717, 1.165) is 23.4 Å². The van der Waals surface area contributed by atoms with Crippen molar-refractivity contribution in [3.05, 3.63) is 53.1 Å². The first-order valence-corrected chi connectivity index (χ1v) is 16.4. The average Bonchev–Trinajstić information content (AvgIpc) is 3.24. The molecule has 1 aromatic carbocycles. The fraction of sp³-hybridized carbons (Fsp3) is 0.667. The van der Waals surface area contributed by atoms with E-state index in [-0.39, 0.29) is 11.0 Å². The molecule has 1 aromatic rings. The van der Waals surface area contributed by atoms with Gasteiger partial charge in [-0.3, -0.25) is 0 Å². The summed E-state index contributed by atoms with van der Waals surface area (Å²) in [7, 11) is -1.64. The Morgan fingerprint density at radius 1 is 0.906 bits per heavy atom. The van der Waals surface area contributed by atoms with Crippen LogP contribution in [0.3, 0.4) is 0 Å². The second kappa shape index (κ2) is 7.70. The fourth-order valence-corrected chi connectivity index (χ4v) is 13.9. The summed E-state index contributed by atoms with van der Waals surface area (Å²) in [5.41, 5.74) is 7.49. The maximum atomic E-state index is 3.11. The number of fused-ring (bicyclic) bond motifs is 4. The van der Waals surface area contributed by atoms with E-state index in [9.17, 15) is 0 Å². The zero-order valence-corrected chi connectivity index (χ0v) is 22.7. The molecule has 0 aromatic heterocycles. The molecule has 0 radical (unpaired) electrons. The van der Waals surface area contributed by atoms with Crippen molar-refractivity contribution >= 4 is 13.8 Å². The molecule has 0 amide bonds. The van der Waals surface area contributed by atoms with Crippen LogP contribution in [-0.2, 0) is 5.41 Å². The largest absolute Gasteiger partial charge is 0.316 e. The van der Waals surface area contributed by atoms with Gasteiger partial charge in [0, 0.05) is 17.0 Å². The van der Waals surface area contributed by atoms with E-state index in [0.29, 0.717) is 0 Å². The van der Waals surface area contributed by atoms with Gasteiger partial charge in [-0.05, 0) is 79.7 Å². The van der Waals surface area contributed by atoms with Crippen molar-refractivity contribution in [2.24, 2.45) is 11.8 Å². The lowest BCUT2D eigenvalue weighted by molar-refractivity contribution is 0.140. The third-order valence-electron chi connectivity index (χ3n) is 9.55. The highest BCUT2D eigenvalue weighted by Crippen LogP contribution is 2.59. The van der Waals surface area contributed by atoms with E-state index in [1.807, 2.05) is 0 Å². The van der Waals surface area contributed by atoms with Crippen molar-refractivity contribution in [2.75, 3.05) is 0 Å². The number of allylic oxidation sites excluding steroid dienone is 4. The van der Waals surface area contributed by atoms with Gasteiger partial charge in [0.15, 0.2) is 0 Å². The van der Waals surface area contributed by atoms with Crippen LogP contribution in [0.15, 0.2) is 42.0 Å². The van der Waals surface area contributed by atoms with Crippen molar-refractivity contribution in [1.29, 1.82) is 0 Å². The molecule has 3 unspecified atom stereocenters. The molecular weight excluding hydrogens is 402 g/mol. The normalized spacial score (nSPS) is 29.9. The van der Waals surface area contributed by atoms with Crippen LogP contribution >= 0.6 is 0 Å². The van der Waals surface area contributed by atoms with Gasteiger partial charge in [0.1, 0.15) is 8.24 Å². The summed E-state index contributed by atoms with van der Waals surface area (Å²) in [5, 5.41) is 0. The lowest BCUT2D eigenvalue weighted by atomic mass is 9.76. The van der Waals surface area contributed by atoms with E-state index >= 15 is 0 Å². The highest BCUT2D eigenvalue weighted by Gasteiger charge is 2.53. The van der Waals surface area contributed by atoms with Gasteiger partial charge in [-0.25, -0.2) is 0 Å². The van der Waals surface area contributed by atoms with Crippen LogP contribution in [0.1, 0.15) is 90.7 Å². The maximum Gasteiger partial charge on any atom is 0.126 e. The van der Waals surface area contributed by atoms with Gasteiger partial charge >= 0.3 is 0 Å². The number of hydrogen-bond acceptors (Lipinski definition) is 1. The second-order valence-electron chi connectivity index (χ2n) is 13.2. The standard InChI is InChI=1S/C30H45NSi/c1-29(2,3)31(22-13-9-8-10-14-22)32(6,7)28-18-17-21-19-27-25(20-24(21)28)23-15-11-12-16-26(23)30(27,4)5/h11-12,15-16,19-22,24,28H,8-10,13-14,17-18H2,1-7H3. The highest BCUT2D eigenvalue weighted by atomic mass is 28.3. The minimum absolute atomic E-state index is 0.151. The van der Waals surface area contributed by atoms with Crippen LogP contribution in [0.2, 0.25) is 18.6 Å². The second-order valence-corrected chi connectivity index (χ2v) is 17.8. The Labute approximate surface area is 198 Å². The predicted octanol–water partition coefficient (Wildman–Crippen LogP) is 8.34. The summed E-state index contributed by atoms with van der Waals surface area (Å²) in [6, 6.07) is 10.0. The zero-order chi connectivity index (χ0) is 22.9. The SMILES string of the molecule is CC1(C)C2=CC3CCC([Si](C)(C)N(C4CCCCC4)C(C)(C)C)C3C=C2c2ccccc21. The van der Waals surface area contributed by atoms with Gasteiger partial charge in [-0.2, -0.15) is 0 Å². The van der Waals surface area contributed by atoms with Crippen LogP contribution in [0.25, 0.3) is 5.57 Å². The number of hydrogen-bond donors (Lipinski definition) is 0. The Hall–Kier alpha value is -1.12. The van der Waals surface area contributed by atoms with Gasteiger partial charge in [-0.15, -0.1) is 0 Å². The monoisotopic (exact) mass is 447 g/mol. The topological polar surface area (TPSA) is 3.24 Å². The predicted molar refractivity (Wildman–Crippen MR) is 141 cm³/mol. The van der Waals surface area contributed by atoms with Gasteiger partial charge in [0.2, 0.25) is 0 Å². The molecule has 4 aliphatic rings. The smallest absolute Gasteiger partial charge is 0.126 e. The molecular formula is C30H45NSi. The molecule has 0 aliphatic heterocycles. The zero-order valence-electron chi connectivity index (χ0n) is 21.7. The van der Waals surface area contributed by atoms with Crippen LogP contribution in [0, 0.1) is 11.8 Å². The molecule has 2 heteroatoms. The summed E-state index contributed by atoms with van der Waals surface area (Å²) in [6.07, 6.45) is 15.4. The summed E-state index contributed by atoms with van der Waals surface area (Å²) in [6.45, 7) is 17.8. The number of benzene rings is 1. The first kappa shape index (κ1) is 22.7. The number of nitrogens with zero attached hydrogens (tertiary/aromatic N) is 1. The molecule has 2 saturated carbocycles. The van der Waals surface area contributed by atoms with E-state index in [1.54, 1.807) is 11.1 Å². The van der Waals surface area contributed by atoms with E-state index in [4.69, 9.17) is 0 Å². The Morgan fingerprint density at radius 2 is 1.59 bits per heavy atom. The Morgan fingerprint density at radius 3 is 2.28 bits per heavy atom. The first-order chi connectivity index (χ1) is 15.0. The van der Waals surface area contributed by atoms with Crippen LogP contribution in [0.4, 0.5) is 0 Å². The van der Waals surface area contributed by atoms with E-state index < -0.39 is 8.24 Å². The van der Waals surface area contributed by atoms with Gasteiger partial charge in [-0.1, -0.05) is 89.0 Å². The molecule has 174 valence electrons. The minimum atomic E-state index is -1.64. The molecule has 0 N–H and O–H groups in total. The van der Waals surface area contributed by atoms with Crippen molar-refractivity contribution in [2.45, 2.75) is 115 Å². The fourth-order valence-electron chi connectivity index (χ4n) is 8.49. The van der Waals surface area contributed by atoms with Crippen molar-refractivity contribution in [3.8, 4) is 0 Å². The molecule has 0 heterocycles. The Balaban J connectivity index is 1.52.